The van der Waals surface area contributed by atoms with Crippen LogP contribution in [0.5, 0.6) is 5.75 Å². The number of nitro groups is 1. The molecule has 0 radical (unpaired) electrons. The third-order valence-electron chi connectivity index (χ3n) is 3.84. The number of carbonyl (C=O) groups is 1. The van der Waals surface area contributed by atoms with Crippen molar-refractivity contribution in [2.24, 2.45) is 0 Å². The molecule has 1 aliphatic heterocycles. The molecule has 0 unspecified atom stereocenters. The van der Waals surface area contributed by atoms with E-state index in [9.17, 15) is 20.0 Å². The summed E-state index contributed by atoms with van der Waals surface area (Å²) < 4.78 is 0. The molecule has 2 amide bonds. The summed E-state index contributed by atoms with van der Waals surface area (Å²) >= 11 is 0. The van der Waals surface area contributed by atoms with E-state index >= 15 is 0 Å². The van der Waals surface area contributed by atoms with E-state index in [1.54, 1.807) is 43.3 Å². The van der Waals surface area contributed by atoms with Crippen LogP contribution in [0.3, 0.4) is 0 Å². The van der Waals surface area contributed by atoms with Crippen LogP contribution in [0.4, 0.5) is 16.2 Å². The Kier molecular flexibility index (Phi) is 3.91. The third-order valence-corrected chi connectivity index (χ3v) is 3.84. The van der Waals surface area contributed by atoms with Crippen LogP contribution in [0.25, 0.3) is 5.70 Å². The highest BCUT2D eigenvalue weighted by molar-refractivity contribution is 6.01. The van der Waals surface area contributed by atoms with E-state index in [1.165, 1.54) is 17.0 Å². The number of aromatic hydroxyl groups is 1. The molecule has 0 bridgehead atoms. The summed E-state index contributed by atoms with van der Waals surface area (Å²) in [6.07, 6.45) is 1.75. The van der Waals surface area contributed by atoms with E-state index in [0.717, 1.165) is 0 Å². The number of non-ortho nitro benzene ring substituents is 1. The molecule has 7 nitrogen and oxygen atoms in total. The smallest absolute Gasteiger partial charge is 0.326 e. The Balaban J connectivity index is 1.90. The molecule has 2 N–H and O–H groups in total. The zero-order chi connectivity index (χ0) is 17.3. The Bertz CT molecular complexity index is 861. The van der Waals surface area contributed by atoms with Gasteiger partial charge in [-0.25, -0.2) is 4.79 Å². The fourth-order valence-corrected chi connectivity index (χ4v) is 2.55. The first-order valence-electron chi connectivity index (χ1n) is 7.29. The predicted octanol–water partition coefficient (Wildman–Crippen LogP) is 3.18. The van der Waals surface area contributed by atoms with Gasteiger partial charge < -0.3 is 10.4 Å². The molecule has 0 saturated carbocycles. The SMILES string of the molecule is Cc1cccc(N2CC=C(c3cccc([N+](=O)[O-])c3)NC2=O)c1O. The van der Waals surface area contributed by atoms with E-state index in [4.69, 9.17) is 0 Å². The molecule has 0 atom stereocenters. The maximum atomic E-state index is 12.4. The van der Waals surface area contributed by atoms with Crippen molar-refractivity contribution in [1.82, 2.24) is 5.32 Å². The number of hydrogen-bond donors (Lipinski definition) is 2. The molecule has 0 spiro atoms. The van der Waals surface area contributed by atoms with Crippen LogP contribution in [-0.4, -0.2) is 22.6 Å². The highest BCUT2D eigenvalue weighted by Crippen LogP contribution is 2.32. The maximum absolute atomic E-state index is 12.4. The summed E-state index contributed by atoms with van der Waals surface area (Å²) in [7, 11) is 0. The summed E-state index contributed by atoms with van der Waals surface area (Å²) in [6, 6.07) is 10.8. The summed E-state index contributed by atoms with van der Waals surface area (Å²) in [5.74, 6) is 0.0554. The van der Waals surface area contributed by atoms with Gasteiger partial charge in [-0.3, -0.25) is 15.0 Å². The van der Waals surface area contributed by atoms with Crippen molar-refractivity contribution in [3.8, 4) is 5.75 Å². The topological polar surface area (TPSA) is 95.7 Å². The third kappa shape index (κ3) is 2.79. The molecule has 3 rings (SSSR count). The van der Waals surface area contributed by atoms with Gasteiger partial charge in [-0.1, -0.05) is 24.3 Å². The molecule has 24 heavy (non-hydrogen) atoms. The number of anilines is 1. The molecule has 0 fully saturated rings. The van der Waals surface area contributed by atoms with Crippen molar-refractivity contribution in [2.45, 2.75) is 6.92 Å². The van der Waals surface area contributed by atoms with E-state index in [1.807, 2.05) is 0 Å². The minimum Gasteiger partial charge on any atom is -0.505 e. The fourth-order valence-electron chi connectivity index (χ4n) is 2.55. The lowest BCUT2D eigenvalue weighted by Crippen LogP contribution is -2.43. The first-order valence-corrected chi connectivity index (χ1v) is 7.29. The number of nitro benzene ring substituents is 1. The van der Waals surface area contributed by atoms with Crippen LogP contribution in [0.2, 0.25) is 0 Å². The summed E-state index contributed by atoms with van der Waals surface area (Å²) in [5.41, 5.74) is 2.12. The number of nitrogens with zero attached hydrogens (tertiary/aromatic N) is 2. The zero-order valence-electron chi connectivity index (χ0n) is 12.9. The molecule has 2 aromatic carbocycles. The molecule has 1 aliphatic rings. The molecule has 122 valence electrons. The number of phenolic OH excluding ortho intramolecular Hbond substituents is 1. The summed E-state index contributed by atoms with van der Waals surface area (Å²) in [6.45, 7) is 2.01. The first-order chi connectivity index (χ1) is 11.5. The number of amides is 2. The Labute approximate surface area is 138 Å². The van der Waals surface area contributed by atoms with E-state index in [0.29, 0.717) is 22.5 Å². The number of rotatable bonds is 3. The molecule has 1 heterocycles. The normalized spacial score (nSPS) is 14.1. The summed E-state index contributed by atoms with van der Waals surface area (Å²) in [4.78, 5) is 24.2. The largest absolute Gasteiger partial charge is 0.505 e. The van der Waals surface area contributed by atoms with Crippen molar-refractivity contribution in [3.05, 3.63) is 69.8 Å². The quantitative estimate of drug-likeness (QED) is 0.669. The van der Waals surface area contributed by atoms with E-state index in [-0.39, 0.29) is 18.0 Å². The van der Waals surface area contributed by atoms with Crippen molar-refractivity contribution < 1.29 is 14.8 Å². The lowest BCUT2D eigenvalue weighted by molar-refractivity contribution is -0.384. The number of benzene rings is 2. The van der Waals surface area contributed by atoms with Gasteiger partial charge in [0.05, 0.1) is 10.6 Å². The number of phenols is 1. The molecule has 7 heteroatoms. The second-order valence-corrected chi connectivity index (χ2v) is 5.41. The predicted molar refractivity (Wildman–Crippen MR) is 89.8 cm³/mol. The number of para-hydroxylation sites is 1. The van der Waals surface area contributed by atoms with Crippen LogP contribution in [0.15, 0.2) is 48.5 Å². The zero-order valence-corrected chi connectivity index (χ0v) is 12.9. The van der Waals surface area contributed by atoms with E-state index in [2.05, 4.69) is 5.32 Å². The Hall–Kier alpha value is -3.35. The van der Waals surface area contributed by atoms with Gasteiger partial charge in [0.2, 0.25) is 0 Å². The second kappa shape index (κ2) is 6.04. The van der Waals surface area contributed by atoms with Crippen LogP contribution in [0.1, 0.15) is 11.1 Å². The lowest BCUT2D eigenvalue weighted by Gasteiger charge is -2.28. The molecule has 0 saturated heterocycles. The number of aryl methyl sites for hydroxylation is 1. The van der Waals surface area contributed by atoms with Crippen LogP contribution in [-0.2, 0) is 0 Å². The van der Waals surface area contributed by atoms with Crippen molar-refractivity contribution >= 4 is 23.1 Å². The Morgan fingerprint density at radius 2 is 2.00 bits per heavy atom. The number of nitrogens with one attached hydrogen (secondary N) is 1. The van der Waals surface area contributed by atoms with Crippen molar-refractivity contribution in [3.63, 3.8) is 0 Å². The lowest BCUT2D eigenvalue weighted by atomic mass is 10.1. The minimum absolute atomic E-state index is 0.0404. The average molecular weight is 325 g/mol. The monoisotopic (exact) mass is 325 g/mol. The standard InChI is InChI=1S/C17H15N3O4/c1-11-4-2-7-15(16(11)21)19-9-8-14(18-17(19)22)12-5-3-6-13(10-12)20(23)24/h2-8,10,21H,9H2,1H3,(H,18,22). The van der Waals surface area contributed by atoms with Crippen LogP contribution in [0, 0.1) is 17.0 Å². The van der Waals surface area contributed by atoms with Crippen molar-refractivity contribution in [1.29, 1.82) is 0 Å². The first kappa shape index (κ1) is 15.5. The van der Waals surface area contributed by atoms with Crippen molar-refractivity contribution in [2.75, 3.05) is 11.4 Å². The minimum atomic E-state index is -0.480. The molecule has 0 aliphatic carbocycles. The van der Waals surface area contributed by atoms with Gasteiger partial charge in [0.1, 0.15) is 5.75 Å². The van der Waals surface area contributed by atoms with Crippen LogP contribution >= 0.6 is 0 Å². The van der Waals surface area contributed by atoms with Gasteiger partial charge in [0.25, 0.3) is 5.69 Å². The molecular formula is C17H15N3O4. The van der Waals surface area contributed by atoms with Gasteiger partial charge in [-0.05, 0) is 24.6 Å². The second-order valence-electron chi connectivity index (χ2n) is 5.41. The Morgan fingerprint density at radius 1 is 1.25 bits per heavy atom. The highest BCUT2D eigenvalue weighted by Gasteiger charge is 2.24. The van der Waals surface area contributed by atoms with Gasteiger partial charge in [-0.2, -0.15) is 0 Å². The Morgan fingerprint density at radius 3 is 2.71 bits per heavy atom. The maximum Gasteiger partial charge on any atom is 0.326 e. The number of carbonyl (C=O) groups excluding carboxylic acids is 1. The molecule has 2 aromatic rings. The van der Waals surface area contributed by atoms with Crippen LogP contribution < -0.4 is 10.2 Å². The number of urea groups is 1. The van der Waals surface area contributed by atoms with Gasteiger partial charge in [0, 0.05) is 29.9 Å². The van der Waals surface area contributed by atoms with Gasteiger partial charge >= 0.3 is 6.03 Å². The molecular weight excluding hydrogens is 310 g/mol. The highest BCUT2D eigenvalue weighted by atomic mass is 16.6. The van der Waals surface area contributed by atoms with Gasteiger partial charge in [0.15, 0.2) is 0 Å². The fraction of sp³-hybridized carbons (Fsp3) is 0.118. The van der Waals surface area contributed by atoms with Gasteiger partial charge in [-0.15, -0.1) is 0 Å². The average Bonchev–Trinajstić information content (AvgIpc) is 2.58. The van der Waals surface area contributed by atoms with E-state index < -0.39 is 11.0 Å². The number of hydrogen-bond acceptors (Lipinski definition) is 4. The summed E-state index contributed by atoms with van der Waals surface area (Å²) in [5, 5.41) is 23.7. The molecule has 0 aromatic heterocycles.